The van der Waals surface area contributed by atoms with E-state index in [0.717, 1.165) is 54.2 Å². The first kappa shape index (κ1) is 22.1. The summed E-state index contributed by atoms with van der Waals surface area (Å²) in [6.07, 6.45) is 4.48. The molecule has 27 heavy (non-hydrogen) atoms. The van der Waals surface area contributed by atoms with E-state index in [2.05, 4.69) is 40.3 Å². The van der Waals surface area contributed by atoms with E-state index in [4.69, 9.17) is 5.11 Å². The van der Waals surface area contributed by atoms with Crippen LogP contribution in [-0.4, -0.2) is 29.9 Å². The third-order valence-electron chi connectivity index (χ3n) is 5.14. The van der Waals surface area contributed by atoms with Crippen molar-refractivity contribution in [2.45, 2.75) is 50.5 Å². The van der Waals surface area contributed by atoms with E-state index in [9.17, 15) is 5.11 Å². The van der Waals surface area contributed by atoms with Gasteiger partial charge in [0.1, 0.15) is 0 Å². The molecule has 0 bridgehead atoms. The lowest BCUT2D eigenvalue weighted by atomic mass is 9.74. The summed E-state index contributed by atoms with van der Waals surface area (Å²) in [7, 11) is 0. The summed E-state index contributed by atoms with van der Waals surface area (Å²) in [5.41, 5.74) is 1.18. The fourth-order valence-electron chi connectivity index (χ4n) is 3.56. The minimum Gasteiger partial charge on any atom is -0.396 e. The van der Waals surface area contributed by atoms with Gasteiger partial charge in [0, 0.05) is 23.5 Å². The van der Waals surface area contributed by atoms with Gasteiger partial charge in [0.25, 0.3) is 0 Å². The topological polar surface area (TPSA) is 52.5 Å². The van der Waals surface area contributed by atoms with Crippen LogP contribution in [0, 0.1) is 0 Å². The largest absolute Gasteiger partial charge is 0.396 e. The number of aliphatic hydroxyl groups excluding tert-OH is 1. The summed E-state index contributed by atoms with van der Waals surface area (Å²) in [5, 5.41) is 24.4. The molecule has 148 valence electrons. The first-order chi connectivity index (χ1) is 13.1. The summed E-state index contributed by atoms with van der Waals surface area (Å²) >= 11 is 3.50. The summed E-state index contributed by atoms with van der Waals surface area (Å²) in [5.74, 6) is -0.0412. The number of hydrogen-bond acceptors (Lipinski definition) is 3. The molecule has 0 saturated carbocycles. The highest BCUT2D eigenvalue weighted by atomic mass is 79.9. The minimum absolute atomic E-state index is 0.0412. The van der Waals surface area contributed by atoms with Gasteiger partial charge in [0.2, 0.25) is 0 Å². The summed E-state index contributed by atoms with van der Waals surface area (Å²) in [6.45, 7) is 3.93. The quantitative estimate of drug-likeness (QED) is 0.414. The average Bonchev–Trinajstić information content (AvgIpc) is 2.70. The number of rotatable bonds is 12. The lowest BCUT2D eigenvalue weighted by Gasteiger charge is -2.38. The second kappa shape index (κ2) is 11.6. The zero-order chi connectivity index (χ0) is 19.5. The molecule has 4 heteroatoms. The maximum Gasteiger partial charge on any atom is 0.0976 e. The zero-order valence-electron chi connectivity index (χ0n) is 16.2. The summed E-state index contributed by atoms with van der Waals surface area (Å²) in [6, 6.07) is 18.4. The number of aliphatic hydroxyl groups is 2. The number of benzene rings is 2. The van der Waals surface area contributed by atoms with Crippen molar-refractivity contribution in [3.05, 3.63) is 70.2 Å². The zero-order valence-corrected chi connectivity index (χ0v) is 17.8. The van der Waals surface area contributed by atoms with Crippen LogP contribution in [0.1, 0.15) is 56.1 Å². The first-order valence-electron chi connectivity index (χ1n) is 9.96. The molecular formula is C23H32BrNO2. The number of halogens is 1. The van der Waals surface area contributed by atoms with E-state index in [1.807, 2.05) is 42.5 Å². The van der Waals surface area contributed by atoms with Crippen LogP contribution in [0.5, 0.6) is 0 Å². The molecular weight excluding hydrogens is 402 g/mol. The molecule has 0 heterocycles. The molecule has 2 rings (SSSR count). The molecule has 2 atom stereocenters. The van der Waals surface area contributed by atoms with Crippen LogP contribution in [0.15, 0.2) is 59.1 Å². The predicted octanol–water partition coefficient (Wildman–Crippen LogP) is 4.97. The van der Waals surface area contributed by atoms with Crippen LogP contribution in [0.2, 0.25) is 0 Å². The molecule has 0 unspecified atom stereocenters. The number of nitrogens with one attached hydrogen (secondary N) is 1. The van der Waals surface area contributed by atoms with Crippen molar-refractivity contribution in [1.29, 1.82) is 0 Å². The van der Waals surface area contributed by atoms with Crippen LogP contribution in [0.25, 0.3) is 0 Å². The lowest BCUT2D eigenvalue weighted by Crippen LogP contribution is -2.39. The normalized spacial score (nSPS) is 14.7. The Morgan fingerprint density at radius 2 is 1.70 bits per heavy atom. The molecule has 0 spiro atoms. The van der Waals surface area contributed by atoms with E-state index >= 15 is 0 Å². The SMILES string of the molecule is CCCC[C@@](O)(c1ccc(Br)cc1)[C@H](CNCCCCO)c1ccccc1. The lowest BCUT2D eigenvalue weighted by molar-refractivity contribution is -0.00369. The van der Waals surface area contributed by atoms with Gasteiger partial charge >= 0.3 is 0 Å². The molecule has 0 saturated heterocycles. The van der Waals surface area contributed by atoms with Gasteiger partial charge in [-0.3, -0.25) is 0 Å². The van der Waals surface area contributed by atoms with Gasteiger partial charge in [-0.15, -0.1) is 0 Å². The molecule has 0 aliphatic heterocycles. The van der Waals surface area contributed by atoms with Crippen LogP contribution >= 0.6 is 15.9 Å². The van der Waals surface area contributed by atoms with Crippen LogP contribution < -0.4 is 5.32 Å². The Balaban J connectivity index is 2.32. The second-order valence-corrected chi connectivity index (χ2v) is 8.05. The summed E-state index contributed by atoms with van der Waals surface area (Å²) in [4.78, 5) is 0. The number of unbranched alkanes of at least 4 members (excludes halogenated alkanes) is 2. The Morgan fingerprint density at radius 1 is 1.00 bits per heavy atom. The minimum atomic E-state index is -0.929. The molecule has 0 fully saturated rings. The van der Waals surface area contributed by atoms with Crippen molar-refractivity contribution in [1.82, 2.24) is 5.32 Å². The van der Waals surface area contributed by atoms with Crippen LogP contribution in [0.4, 0.5) is 0 Å². The monoisotopic (exact) mass is 433 g/mol. The Kier molecular flexibility index (Phi) is 9.49. The van der Waals surface area contributed by atoms with E-state index in [-0.39, 0.29) is 12.5 Å². The van der Waals surface area contributed by atoms with Crippen molar-refractivity contribution < 1.29 is 10.2 Å². The highest BCUT2D eigenvalue weighted by Gasteiger charge is 2.38. The fraction of sp³-hybridized carbons (Fsp3) is 0.478. The molecule has 2 aromatic rings. The molecule has 0 aliphatic carbocycles. The van der Waals surface area contributed by atoms with Gasteiger partial charge in [-0.2, -0.15) is 0 Å². The number of hydrogen-bond donors (Lipinski definition) is 3. The van der Waals surface area contributed by atoms with E-state index in [1.165, 1.54) is 0 Å². The second-order valence-electron chi connectivity index (χ2n) is 7.13. The molecule has 2 aromatic carbocycles. The van der Waals surface area contributed by atoms with E-state index in [0.29, 0.717) is 6.54 Å². The molecule has 3 N–H and O–H groups in total. The molecule has 0 amide bonds. The molecule has 0 radical (unpaired) electrons. The maximum atomic E-state index is 11.9. The van der Waals surface area contributed by atoms with Gasteiger partial charge in [-0.05, 0) is 49.1 Å². The Hall–Kier alpha value is -1.20. The first-order valence-corrected chi connectivity index (χ1v) is 10.8. The Bertz CT molecular complexity index is 647. The Morgan fingerprint density at radius 3 is 2.33 bits per heavy atom. The van der Waals surface area contributed by atoms with Crippen LogP contribution in [-0.2, 0) is 5.60 Å². The maximum absolute atomic E-state index is 11.9. The van der Waals surface area contributed by atoms with Gasteiger partial charge in [-0.1, -0.05) is 78.2 Å². The smallest absolute Gasteiger partial charge is 0.0976 e. The molecule has 0 aliphatic rings. The predicted molar refractivity (Wildman–Crippen MR) is 116 cm³/mol. The molecule has 0 aromatic heterocycles. The van der Waals surface area contributed by atoms with Gasteiger partial charge in [0.05, 0.1) is 5.60 Å². The van der Waals surface area contributed by atoms with Gasteiger partial charge in [-0.25, -0.2) is 0 Å². The van der Waals surface area contributed by atoms with E-state index < -0.39 is 5.60 Å². The Labute approximate surface area is 172 Å². The molecule has 3 nitrogen and oxygen atoms in total. The van der Waals surface area contributed by atoms with Crippen molar-refractivity contribution in [2.24, 2.45) is 0 Å². The van der Waals surface area contributed by atoms with Gasteiger partial charge in [0.15, 0.2) is 0 Å². The van der Waals surface area contributed by atoms with Crippen molar-refractivity contribution in [3.8, 4) is 0 Å². The third kappa shape index (κ3) is 6.42. The third-order valence-corrected chi connectivity index (χ3v) is 5.67. The van der Waals surface area contributed by atoms with Crippen molar-refractivity contribution >= 4 is 15.9 Å². The van der Waals surface area contributed by atoms with Gasteiger partial charge < -0.3 is 15.5 Å². The average molecular weight is 434 g/mol. The van der Waals surface area contributed by atoms with E-state index in [1.54, 1.807) is 0 Å². The van der Waals surface area contributed by atoms with Crippen molar-refractivity contribution in [2.75, 3.05) is 19.7 Å². The highest BCUT2D eigenvalue weighted by Crippen LogP contribution is 2.41. The standard InChI is InChI=1S/C23H32BrNO2/c1-2-3-15-23(27,20-11-13-21(24)14-12-20)22(18-25-16-7-8-17-26)19-9-5-4-6-10-19/h4-6,9-14,22,25-27H,2-3,7-8,15-18H2,1H3/t22-,23-/m1/s1. The summed E-state index contributed by atoms with van der Waals surface area (Å²) < 4.78 is 1.02. The van der Waals surface area contributed by atoms with Crippen LogP contribution in [0.3, 0.4) is 0 Å². The van der Waals surface area contributed by atoms with Crippen molar-refractivity contribution in [3.63, 3.8) is 0 Å². The highest BCUT2D eigenvalue weighted by molar-refractivity contribution is 9.10. The fourth-order valence-corrected chi connectivity index (χ4v) is 3.82.